The van der Waals surface area contributed by atoms with Crippen LogP contribution in [0.3, 0.4) is 0 Å². The first kappa shape index (κ1) is 18.6. The monoisotopic (exact) mass is 331 g/mol. The van der Waals surface area contributed by atoms with E-state index in [4.69, 9.17) is 14.2 Å². The lowest BCUT2D eigenvalue weighted by Gasteiger charge is -2.41. The van der Waals surface area contributed by atoms with Crippen molar-refractivity contribution in [2.45, 2.75) is 64.3 Å². The van der Waals surface area contributed by atoms with Gasteiger partial charge in [-0.3, -0.25) is 4.79 Å². The first-order valence-corrected chi connectivity index (χ1v) is 8.42. The maximum atomic E-state index is 12.1. The van der Waals surface area contributed by atoms with Gasteiger partial charge in [-0.05, 0) is 18.8 Å². The molecule has 23 heavy (non-hydrogen) atoms. The Bertz CT molecular complexity index is 389. The zero-order chi connectivity index (χ0) is 17.0. The average molecular weight is 331 g/mol. The molecule has 0 aromatic heterocycles. The molecule has 134 valence electrons. The van der Waals surface area contributed by atoms with Crippen LogP contribution in [-0.2, 0) is 19.0 Å². The van der Waals surface area contributed by atoms with Crippen LogP contribution in [0.2, 0.25) is 0 Å². The first-order chi connectivity index (χ1) is 10.9. The number of aliphatic hydroxyl groups is 2. The number of aliphatic hydroxyl groups excluding tert-OH is 2. The Hall–Kier alpha value is -0.730. The molecule has 3 rings (SSSR count). The van der Waals surface area contributed by atoms with Gasteiger partial charge >= 0.3 is 0 Å². The Kier molecular flexibility index (Phi) is 6.79. The third-order valence-electron chi connectivity index (χ3n) is 4.27. The van der Waals surface area contributed by atoms with Gasteiger partial charge in [0.05, 0.1) is 6.61 Å². The number of carbonyl (C=O) groups is 1. The normalized spacial score (nSPS) is 36.2. The second-order valence-corrected chi connectivity index (χ2v) is 6.86. The van der Waals surface area contributed by atoms with E-state index in [9.17, 15) is 15.0 Å². The smallest absolute Gasteiger partial charge is 0.222 e. The number of rotatable bonds is 5. The maximum Gasteiger partial charge on any atom is 0.222 e. The molecule has 3 heterocycles. The summed E-state index contributed by atoms with van der Waals surface area (Å²) in [5.74, 6) is 0.312. The topological polar surface area (TPSA) is 97.3 Å². The number of hydrogen-bond donors (Lipinski definition) is 3. The predicted octanol–water partition coefficient (Wildman–Crippen LogP) is 0.0370. The lowest BCUT2D eigenvalue weighted by atomic mass is 9.97. The molecule has 6 atom stereocenters. The van der Waals surface area contributed by atoms with Gasteiger partial charge in [-0.25, -0.2) is 0 Å². The summed E-state index contributed by atoms with van der Waals surface area (Å²) in [5, 5.41) is 23.1. The Labute approximate surface area is 137 Å². The van der Waals surface area contributed by atoms with E-state index in [2.05, 4.69) is 19.2 Å². The van der Waals surface area contributed by atoms with Crippen LogP contribution in [-0.4, -0.2) is 66.6 Å². The fraction of sp³-hybridized carbons (Fsp3) is 0.938. The lowest BCUT2D eigenvalue weighted by molar-refractivity contribution is -0.292. The molecule has 0 saturated carbocycles. The second kappa shape index (κ2) is 8.39. The molecule has 7 heteroatoms. The minimum Gasteiger partial charge on any atom is -0.387 e. The van der Waals surface area contributed by atoms with Gasteiger partial charge in [-0.1, -0.05) is 20.8 Å². The number of amides is 1. The second-order valence-electron chi connectivity index (χ2n) is 6.86. The Morgan fingerprint density at radius 2 is 1.87 bits per heavy atom. The van der Waals surface area contributed by atoms with E-state index in [1.807, 2.05) is 6.92 Å². The van der Waals surface area contributed by atoms with Crippen molar-refractivity contribution in [2.75, 3.05) is 19.8 Å². The summed E-state index contributed by atoms with van der Waals surface area (Å²) in [4.78, 5) is 12.1. The van der Waals surface area contributed by atoms with E-state index < -0.39 is 30.7 Å². The van der Waals surface area contributed by atoms with Crippen molar-refractivity contribution in [1.29, 1.82) is 0 Å². The van der Waals surface area contributed by atoms with Crippen molar-refractivity contribution in [1.82, 2.24) is 5.32 Å². The molecule has 2 bridgehead atoms. The predicted molar refractivity (Wildman–Crippen MR) is 82.6 cm³/mol. The standard InChI is InChI=1S/C16H29NO6/c1-9(2)7-10(3)15(20)17-8-11-14-12(18)13(19)16(23-11)22-6-4-5-21-14/h9-14,16,18-19H,4-8H2,1-3H3,(H,17,20)/t10-,11?,12?,13?,14?,16?/m0/s1. The molecule has 1 amide bonds. The number of carbonyl (C=O) groups excluding carboxylic acids is 1. The minimum atomic E-state index is -1.15. The van der Waals surface area contributed by atoms with Gasteiger partial charge in [0, 0.05) is 19.1 Å². The van der Waals surface area contributed by atoms with Crippen molar-refractivity contribution in [3.8, 4) is 0 Å². The fourth-order valence-electron chi connectivity index (χ4n) is 3.08. The Balaban J connectivity index is 1.94. The molecule has 3 aliphatic heterocycles. The van der Waals surface area contributed by atoms with Crippen LogP contribution < -0.4 is 5.32 Å². The van der Waals surface area contributed by atoms with E-state index in [1.165, 1.54) is 0 Å². The molecule has 0 aromatic rings. The zero-order valence-electron chi connectivity index (χ0n) is 14.1. The molecular weight excluding hydrogens is 302 g/mol. The summed E-state index contributed by atoms with van der Waals surface area (Å²) in [6.45, 7) is 7.07. The van der Waals surface area contributed by atoms with E-state index in [0.717, 1.165) is 6.42 Å². The highest BCUT2D eigenvalue weighted by Crippen LogP contribution is 2.26. The molecule has 0 aliphatic carbocycles. The quantitative estimate of drug-likeness (QED) is 0.658. The molecule has 5 unspecified atom stereocenters. The third kappa shape index (κ3) is 4.87. The maximum absolute atomic E-state index is 12.1. The molecule has 3 saturated heterocycles. The molecule has 3 fully saturated rings. The van der Waals surface area contributed by atoms with E-state index in [-0.39, 0.29) is 18.4 Å². The van der Waals surface area contributed by atoms with E-state index in [0.29, 0.717) is 25.6 Å². The molecule has 0 radical (unpaired) electrons. The van der Waals surface area contributed by atoms with Gasteiger partial charge in [0.1, 0.15) is 24.4 Å². The van der Waals surface area contributed by atoms with Crippen LogP contribution in [0.1, 0.15) is 33.6 Å². The number of fused-ring (bicyclic) bond motifs is 6. The van der Waals surface area contributed by atoms with Gasteiger partial charge in [0.15, 0.2) is 6.29 Å². The van der Waals surface area contributed by atoms with Crippen molar-refractivity contribution >= 4 is 5.91 Å². The van der Waals surface area contributed by atoms with Crippen molar-refractivity contribution in [2.24, 2.45) is 11.8 Å². The number of ether oxygens (including phenoxy) is 3. The summed E-state index contributed by atoms with van der Waals surface area (Å²) in [6.07, 6.45) is -2.88. The molecule has 7 nitrogen and oxygen atoms in total. The molecule has 3 aliphatic rings. The molecule has 3 N–H and O–H groups in total. The summed E-state index contributed by atoms with van der Waals surface area (Å²) < 4.78 is 16.8. The van der Waals surface area contributed by atoms with Crippen molar-refractivity contribution in [3.05, 3.63) is 0 Å². The van der Waals surface area contributed by atoms with Gasteiger partial charge < -0.3 is 29.7 Å². The molecular formula is C16H29NO6. The SMILES string of the molecule is CC(C)C[C@H](C)C(=O)NCC1OC2OCCCOC1C(O)C2O. The summed E-state index contributed by atoms with van der Waals surface area (Å²) in [7, 11) is 0. The van der Waals surface area contributed by atoms with Gasteiger partial charge in [0.2, 0.25) is 5.91 Å². The van der Waals surface area contributed by atoms with E-state index in [1.54, 1.807) is 0 Å². The van der Waals surface area contributed by atoms with Crippen LogP contribution >= 0.6 is 0 Å². The van der Waals surface area contributed by atoms with Crippen LogP contribution in [0.15, 0.2) is 0 Å². The first-order valence-electron chi connectivity index (χ1n) is 8.42. The van der Waals surface area contributed by atoms with Crippen LogP contribution in [0.25, 0.3) is 0 Å². The number of nitrogens with one attached hydrogen (secondary N) is 1. The van der Waals surface area contributed by atoms with Crippen LogP contribution in [0.4, 0.5) is 0 Å². The third-order valence-corrected chi connectivity index (χ3v) is 4.27. The summed E-state index contributed by atoms with van der Waals surface area (Å²) in [6, 6.07) is 0. The van der Waals surface area contributed by atoms with Crippen molar-refractivity contribution < 1.29 is 29.2 Å². The summed E-state index contributed by atoms with van der Waals surface area (Å²) in [5.41, 5.74) is 0. The fourth-order valence-corrected chi connectivity index (χ4v) is 3.08. The average Bonchev–Trinajstić information content (AvgIpc) is 2.63. The van der Waals surface area contributed by atoms with Gasteiger partial charge in [0.25, 0.3) is 0 Å². The largest absolute Gasteiger partial charge is 0.387 e. The lowest BCUT2D eigenvalue weighted by Crippen LogP contribution is -2.61. The van der Waals surface area contributed by atoms with Crippen molar-refractivity contribution in [3.63, 3.8) is 0 Å². The van der Waals surface area contributed by atoms with E-state index >= 15 is 0 Å². The minimum absolute atomic E-state index is 0.0472. The summed E-state index contributed by atoms with van der Waals surface area (Å²) >= 11 is 0. The highest BCUT2D eigenvalue weighted by atomic mass is 16.7. The Morgan fingerprint density at radius 1 is 1.17 bits per heavy atom. The molecule has 0 aromatic carbocycles. The van der Waals surface area contributed by atoms with Gasteiger partial charge in [-0.2, -0.15) is 0 Å². The highest BCUT2D eigenvalue weighted by molar-refractivity contribution is 5.78. The van der Waals surface area contributed by atoms with Crippen LogP contribution in [0, 0.1) is 11.8 Å². The Morgan fingerprint density at radius 3 is 2.57 bits per heavy atom. The van der Waals surface area contributed by atoms with Gasteiger partial charge in [-0.15, -0.1) is 0 Å². The number of hydrogen-bond acceptors (Lipinski definition) is 6. The van der Waals surface area contributed by atoms with Crippen LogP contribution in [0.5, 0.6) is 0 Å². The zero-order valence-corrected chi connectivity index (χ0v) is 14.1. The highest BCUT2D eigenvalue weighted by Gasteiger charge is 2.46. The molecule has 0 spiro atoms.